The number of hydrogen-bond donors (Lipinski definition) is 1. The molecule has 1 heterocycles. The van der Waals surface area contributed by atoms with Gasteiger partial charge in [-0.05, 0) is 141 Å². The van der Waals surface area contributed by atoms with Crippen LogP contribution in [0.5, 0.6) is 0 Å². The third kappa shape index (κ3) is 11.8. The summed E-state index contributed by atoms with van der Waals surface area (Å²) in [5, 5.41) is 4.65. The molecule has 0 unspecified atom stereocenters. The van der Waals surface area contributed by atoms with E-state index in [-0.39, 0.29) is 0 Å². The van der Waals surface area contributed by atoms with Gasteiger partial charge in [-0.25, -0.2) is 0 Å². The zero-order valence-corrected chi connectivity index (χ0v) is 40.1. The van der Waals surface area contributed by atoms with Crippen LogP contribution in [0.2, 0.25) is 0 Å². The summed E-state index contributed by atoms with van der Waals surface area (Å²) in [6, 6.07) is 60.6. The molecule has 0 atom stereocenters. The molecule has 0 radical (unpaired) electrons. The van der Waals surface area contributed by atoms with E-state index in [0.29, 0.717) is 6.42 Å². The van der Waals surface area contributed by atoms with E-state index in [9.17, 15) is 0 Å². The first-order valence-corrected chi connectivity index (χ1v) is 23.5. The number of allylic oxidation sites excluding steroid dienone is 14. The molecular weight excluding hydrogens is 807 g/mol. The second kappa shape index (κ2) is 22.9. The van der Waals surface area contributed by atoms with Crippen molar-refractivity contribution in [2.45, 2.75) is 54.4 Å². The Labute approximate surface area is 400 Å². The highest BCUT2D eigenvalue weighted by Crippen LogP contribution is 2.44. The van der Waals surface area contributed by atoms with Gasteiger partial charge in [0.15, 0.2) is 0 Å². The van der Waals surface area contributed by atoms with Crippen LogP contribution in [0.15, 0.2) is 243 Å². The summed E-state index contributed by atoms with van der Waals surface area (Å²) < 4.78 is 0. The lowest BCUT2D eigenvalue weighted by Crippen LogP contribution is -1.94. The molecule has 67 heavy (non-hydrogen) atoms. The molecule has 0 spiro atoms. The van der Waals surface area contributed by atoms with Gasteiger partial charge in [0, 0.05) is 17.0 Å². The van der Waals surface area contributed by atoms with Crippen LogP contribution in [0.25, 0.3) is 77.3 Å². The van der Waals surface area contributed by atoms with Crippen LogP contribution < -0.4 is 0 Å². The van der Waals surface area contributed by atoms with Gasteiger partial charge in [0.1, 0.15) is 0 Å². The monoisotopic (exact) mass is 869 g/mol. The van der Waals surface area contributed by atoms with Gasteiger partial charge in [0.2, 0.25) is 0 Å². The van der Waals surface area contributed by atoms with E-state index in [1.807, 2.05) is 6.07 Å². The molecular formula is C66H63N. The molecule has 0 amide bonds. The summed E-state index contributed by atoms with van der Waals surface area (Å²) in [5.41, 5.74) is 18.4. The molecule has 0 saturated carbocycles. The Hall–Kier alpha value is -7.74. The fourth-order valence-corrected chi connectivity index (χ4v) is 8.43. The third-order valence-electron chi connectivity index (χ3n) is 11.9. The summed E-state index contributed by atoms with van der Waals surface area (Å²) in [7, 11) is 0. The summed E-state index contributed by atoms with van der Waals surface area (Å²) in [6.07, 6.45) is 19.2. The fraction of sp³-hybridized carbons (Fsp3) is 0.121. The van der Waals surface area contributed by atoms with Crippen molar-refractivity contribution in [3.05, 3.63) is 265 Å². The van der Waals surface area contributed by atoms with E-state index in [2.05, 4.69) is 266 Å². The lowest BCUT2D eigenvalue weighted by atomic mass is 9.85. The molecule has 8 aromatic rings. The summed E-state index contributed by atoms with van der Waals surface area (Å²) in [5.74, 6) is 0. The number of hydrogen-bond acceptors (Lipinski definition) is 0. The molecule has 1 aromatic heterocycles. The van der Waals surface area contributed by atoms with E-state index in [4.69, 9.17) is 6.58 Å². The third-order valence-corrected chi connectivity index (χ3v) is 11.9. The number of nitrogens with one attached hydrogen (secondary N) is 1. The summed E-state index contributed by atoms with van der Waals surface area (Å²) in [4.78, 5) is 3.86. The Bertz CT molecular complexity index is 3060. The maximum Gasteiger partial charge on any atom is 0.0471 e. The minimum absolute atomic E-state index is 0.710. The number of fused-ring (bicyclic) bond motifs is 2. The molecule has 7 aromatic carbocycles. The number of benzene rings is 7. The van der Waals surface area contributed by atoms with Crippen molar-refractivity contribution in [3.8, 4) is 33.5 Å². The smallest absolute Gasteiger partial charge is 0.0471 e. The van der Waals surface area contributed by atoms with Crippen LogP contribution in [0, 0.1) is 0 Å². The van der Waals surface area contributed by atoms with Crippen LogP contribution in [-0.4, -0.2) is 4.98 Å². The number of aromatic nitrogens is 1. The van der Waals surface area contributed by atoms with Gasteiger partial charge in [-0.2, -0.15) is 0 Å². The van der Waals surface area contributed by atoms with Crippen molar-refractivity contribution >= 4 is 43.8 Å². The molecule has 0 aliphatic rings. The van der Waals surface area contributed by atoms with Crippen LogP contribution in [0.4, 0.5) is 0 Å². The van der Waals surface area contributed by atoms with Crippen LogP contribution in [-0.2, 0) is 0 Å². The summed E-state index contributed by atoms with van der Waals surface area (Å²) in [6.45, 7) is 22.0. The molecule has 8 rings (SSSR count). The van der Waals surface area contributed by atoms with E-state index in [1.165, 1.54) is 61.7 Å². The lowest BCUT2D eigenvalue weighted by Gasteiger charge is -2.19. The second-order valence-electron chi connectivity index (χ2n) is 17.3. The Kier molecular flexibility index (Phi) is 16.2. The van der Waals surface area contributed by atoms with E-state index >= 15 is 0 Å². The van der Waals surface area contributed by atoms with Crippen LogP contribution in [0.1, 0.15) is 76.8 Å². The Morgan fingerprint density at radius 2 is 0.985 bits per heavy atom. The molecule has 1 N–H and O–H groups in total. The maximum atomic E-state index is 4.78. The van der Waals surface area contributed by atoms with Gasteiger partial charge in [-0.15, -0.1) is 0 Å². The highest BCUT2D eigenvalue weighted by Gasteiger charge is 2.19. The van der Waals surface area contributed by atoms with Crippen molar-refractivity contribution in [2.24, 2.45) is 0 Å². The minimum Gasteiger partial charge on any atom is -0.355 e. The first-order chi connectivity index (χ1) is 32.7. The minimum atomic E-state index is 0.710. The molecule has 0 aliphatic heterocycles. The highest BCUT2D eigenvalue weighted by molar-refractivity contribution is 6.20. The van der Waals surface area contributed by atoms with Gasteiger partial charge in [0.25, 0.3) is 0 Å². The molecule has 0 fully saturated rings. The molecule has 0 aliphatic carbocycles. The normalized spacial score (nSPS) is 12.0. The Balaban J connectivity index is 0.00000216. The molecule has 0 bridgehead atoms. The van der Waals surface area contributed by atoms with Crippen molar-refractivity contribution in [1.29, 1.82) is 0 Å². The lowest BCUT2D eigenvalue weighted by molar-refractivity contribution is 1.09. The van der Waals surface area contributed by atoms with Crippen LogP contribution in [0.3, 0.4) is 0 Å². The topological polar surface area (TPSA) is 15.8 Å². The van der Waals surface area contributed by atoms with Gasteiger partial charge in [0.05, 0.1) is 0 Å². The number of aromatic amines is 1. The molecule has 332 valence electrons. The first kappa shape index (κ1) is 47.2. The van der Waals surface area contributed by atoms with Gasteiger partial charge >= 0.3 is 0 Å². The van der Waals surface area contributed by atoms with E-state index < -0.39 is 0 Å². The number of H-pyrrole nitrogens is 1. The molecule has 1 heteroatoms. The zero-order chi connectivity index (χ0) is 47.1. The van der Waals surface area contributed by atoms with Gasteiger partial charge in [-0.1, -0.05) is 239 Å². The maximum absolute atomic E-state index is 4.78. The van der Waals surface area contributed by atoms with E-state index in [0.717, 1.165) is 55.6 Å². The van der Waals surface area contributed by atoms with E-state index in [1.54, 1.807) is 0 Å². The van der Waals surface area contributed by atoms with Crippen molar-refractivity contribution in [3.63, 3.8) is 0 Å². The predicted molar refractivity (Wildman–Crippen MR) is 297 cm³/mol. The second-order valence-corrected chi connectivity index (χ2v) is 17.3. The Morgan fingerprint density at radius 1 is 0.493 bits per heavy atom. The standard InChI is InChI=1S/C63H55N.C3H8/c1-44(2)55(52-33-17-10-18-34-52)35-21-25-47(5)60-40-41-61(64-60)63-56-38-36-53(50-29-13-8-14-30-50)42-58(56)62(59-43-54(37-39-57(59)63)51-31-15-9-16-32-51)48(6)26-20-23-45(3)22-19-24-46(4)49-27-11-7-12-28-49;1-3-2/h7-22,24-43,64H,3,6,23H2,1-2,4-5H3;3H2,1-2H3/b22-19-,26-20-,35-21-,46-24+,47-25+;. The zero-order valence-electron chi connectivity index (χ0n) is 40.1. The molecule has 0 saturated heterocycles. The van der Waals surface area contributed by atoms with Gasteiger partial charge < -0.3 is 4.98 Å². The fourth-order valence-electron chi connectivity index (χ4n) is 8.43. The van der Waals surface area contributed by atoms with Crippen molar-refractivity contribution in [1.82, 2.24) is 4.98 Å². The van der Waals surface area contributed by atoms with Crippen molar-refractivity contribution < 1.29 is 0 Å². The average molecular weight is 870 g/mol. The SMILES string of the molecule is C=C(/C=C\C=C(/C)c1ccccc1)C/C=C\C(=C)c1c2cc(-c3ccccc3)ccc2c(-c2ccc(/C(C)=C/C=C\C(=C(C)C)c3ccccc3)[nH]2)c2ccc(-c3ccccc3)cc12.CCC. The highest BCUT2D eigenvalue weighted by atomic mass is 14.7. The predicted octanol–water partition coefficient (Wildman–Crippen LogP) is 19.4. The first-order valence-electron chi connectivity index (χ1n) is 23.5. The average Bonchev–Trinajstić information content (AvgIpc) is 3.85. The largest absolute Gasteiger partial charge is 0.355 e. The van der Waals surface area contributed by atoms with Gasteiger partial charge in [-0.3, -0.25) is 0 Å². The molecule has 1 nitrogen and oxygen atoms in total. The Morgan fingerprint density at radius 3 is 1.52 bits per heavy atom. The van der Waals surface area contributed by atoms with Crippen molar-refractivity contribution in [2.75, 3.05) is 0 Å². The number of rotatable bonds is 14. The summed E-state index contributed by atoms with van der Waals surface area (Å²) >= 11 is 0. The van der Waals surface area contributed by atoms with Crippen LogP contribution >= 0.6 is 0 Å². The quantitative estimate of drug-likeness (QED) is 0.0828.